The Hall–Kier alpha value is -1.11. The van der Waals surface area contributed by atoms with Crippen LogP contribution in [-0.2, 0) is 9.84 Å². The van der Waals surface area contributed by atoms with Gasteiger partial charge in [-0.15, -0.1) is 0 Å². The van der Waals surface area contributed by atoms with E-state index < -0.39 is 21.1 Å². The van der Waals surface area contributed by atoms with Crippen LogP contribution in [0, 0.1) is 0 Å². The summed E-state index contributed by atoms with van der Waals surface area (Å²) < 4.78 is 28.9. The van der Waals surface area contributed by atoms with Crippen molar-refractivity contribution in [2.24, 2.45) is 5.84 Å². The van der Waals surface area contributed by atoms with Gasteiger partial charge in [0.1, 0.15) is 5.75 Å². The lowest BCUT2D eigenvalue weighted by molar-refractivity contribution is 0.242. The molecular formula is C13H22N2O3S. The van der Waals surface area contributed by atoms with Gasteiger partial charge in [0.25, 0.3) is 0 Å². The second-order valence-electron chi connectivity index (χ2n) is 4.92. The fourth-order valence-electron chi connectivity index (χ4n) is 1.80. The van der Waals surface area contributed by atoms with E-state index in [9.17, 15) is 8.42 Å². The second-order valence-corrected chi connectivity index (χ2v) is 7.32. The molecule has 108 valence electrons. The van der Waals surface area contributed by atoms with Gasteiger partial charge in [-0.05, 0) is 38.5 Å². The number of sulfone groups is 1. The molecule has 1 aromatic rings. The Morgan fingerprint density at radius 1 is 1.26 bits per heavy atom. The molecular weight excluding hydrogens is 264 g/mol. The van der Waals surface area contributed by atoms with Crippen molar-refractivity contribution in [3.05, 3.63) is 29.8 Å². The van der Waals surface area contributed by atoms with Crippen molar-refractivity contribution in [1.82, 2.24) is 5.43 Å². The van der Waals surface area contributed by atoms with Gasteiger partial charge in [-0.2, -0.15) is 0 Å². The Bertz CT molecular complexity index is 514. The Kier molecular flexibility index (Phi) is 5.34. The number of benzene rings is 1. The predicted molar refractivity (Wildman–Crippen MR) is 76.6 cm³/mol. The van der Waals surface area contributed by atoms with E-state index in [2.05, 4.69) is 5.43 Å². The largest absolute Gasteiger partial charge is 0.491 e. The van der Waals surface area contributed by atoms with Crippen LogP contribution < -0.4 is 16.0 Å². The van der Waals surface area contributed by atoms with E-state index in [-0.39, 0.29) is 6.10 Å². The molecule has 0 aromatic heterocycles. The first-order chi connectivity index (χ1) is 8.75. The molecule has 0 fully saturated rings. The summed E-state index contributed by atoms with van der Waals surface area (Å²) >= 11 is 0. The summed E-state index contributed by atoms with van der Waals surface area (Å²) in [5.74, 6) is 6.20. The number of hydrogen-bond acceptors (Lipinski definition) is 5. The van der Waals surface area contributed by atoms with Crippen LogP contribution in [0.5, 0.6) is 5.75 Å². The molecule has 0 aliphatic carbocycles. The molecule has 0 amide bonds. The first-order valence-electron chi connectivity index (χ1n) is 6.17. The lowest BCUT2D eigenvalue weighted by atomic mass is 10.0. The third-order valence-corrected chi connectivity index (χ3v) is 4.54. The standard InChI is InChI=1S/C13H22N2O3S/c1-9(2)18-12-7-5-6-11(8-12)13(15-14)10(3)19(4,16)17/h5-10,13,15H,14H2,1-4H3. The van der Waals surface area contributed by atoms with Crippen LogP contribution in [0.25, 0.3) is 0 Å². The van der Waals surface area contributed by atoms with Gasteiger partial charge >= 0.3 is 0 Å². The molecule has 6 heteroatoms. The van der Waals surface area contributed by atoms with Crippen LogP contribution in [0.2, 0.25) is 0 Å². The average Bonchev–Trinajstić information content (AvgIpc) is 2.28. The number of nitrogens with one attached hydrogen (secondary N) is 1. The van der Waals surface area contributed by atoms with Crippen molar-refractivity contribution < 1.29 is 13.2 Å². The zero-order valence-corrected chi connectivity index (χ0v) is 12.6. The minimum atomic E-state index is -3.18. The fraction of sp³-hybridized carbons (Fsp3) is 0.538. The molecule has 1 rings (SSSR count). The highest BCUT2D eigenvalue weighted by molar-refractivity contribution is 7.91. The Morgan fingerprint density at radius 3 is 2.37 bits per heavy atom. The van der Waals surface area contributed by atoms with Gasteiger partial charge < -0.3 is 4.74 Å². The van der Waals surface area contributed by atoms with E-state index in [1.54, 1.807) is 6.92 Å². The van der Waals surface area contributed by atoms with Crippen LogP contribution in [0.1, 0.15) is 32.4 Å². The third kappa shape index (κ3) is 4.49. The zero-order chi connectivity index (χ0) is 14.6. The van der Waals surface area contributed by atoms with E-state index in [1.165, 1.54) is 6.26 Å². The highest BCUT2D eigenvalue weighted by Crippen LogP contribution is 2.24. The lowest BCUT2D eigenvalue weighted by Crippen LogP contribution is -2.38. The molecule has 5 nitrogen and oxygen atoms in total. The molecule has 1 aromatic carbocycles. The van der Waals surface area contributed by atoms with Gasteiger partial charge in [-0.25, -0.2) is 8.42 Å². The number of hydrazine groups is 1. The SMILES string of the molecule is CC(C)Oc1cccc(C(NN)C(C)S(C)(=O)=O)c1. The molecule has 2 atom stereocenters. The number of nitrogens with two attached hydrogens (primary N) is 1. The van der Waals surface area contributed by atoms with Crippen molar-refractivity contribution >= 4 is 9.84 Å². The van der Waals surface area contributed by atoms with E-state index in [0.29, 0.717) is 5.75 Å². The minimum absolute atomic E-state index is 0.0619. The van der Waals surface area contributed by atoms with Gasteiger partial charge in [0.05, 0.1) is 17.4 Å². The van der Waals surface area contributed by atoms with Gasteiger partial charge in [0.15, 0.2) is 9.84 Å². The quantitative estimate of drug-likeness (QED) is 0.610. The molecule has 0 spiro atoms. The van der Waals surface area contributed by atoms with Crippen molar-refractivity contribution in [2.75, 3.05) is 6.26 Å². The van der Waals surface area contributed by atoms with Gasteiger partial charge in [-0.3, -0.25) is 11.3 Å². The highest BCUT2D eigenvalue weighted by atomic mass is 32.2. The van der Waals surface area contributed by atoms with Crippen LogP contribution in [-0.4, -0.2) is 26.0 Å². The molecule has 0 radical (unpaired) electrons. The van der Waals surface area contributed by atoms with Crippen molar-refractivity contribution in [3.8, 4) is 5.75 Å². The Labute approximate surface area is 115 Å². The van der Waals surface area contributed by atoms with Crippen molar-refractivity contribution in [2.45, 2.75) is 38.2 Å². The normalized spacial score (nSPS) is 15.3. The molecule has 0 heterocycles. The van der Waals surface area contributed by atoms with Crippen molar-refractivity contribution in [3.63, 3.8) is 0 Å². The summed E-state index contributed by atoms with van der Waals surface area (Å²) in [4.78, 5) is 0. The monoisotopic (exact) mass is 286 g/mol. The second kappa shape index (κ2) is 6.36. The minimum Gasteiger partial charge on any atom is -0.491 e. The fourth-order valence-corrected chi connectivity index (χ4v) is 2.53. The van der Waals surface area contributed by atoms with E-state index in [4.69, 9.17) is 10.6 Å². The van der Waals surface area contributed by atoms with Crippen LogP contribution in [0.3, 0.4) is 0 Å². The van der Waals surface area contributed by atoms with Crippen LogP contribution >= 0.6 is 0 Å². The molecule has 19 heavy (non-hydrogen) atoms. The van der Waals surface area contributed by atoms with E-state index in [0.717, 1.165) is 5.56 Å². The van der Waals surface area contributed by atoms with E-state index >= 15 is 0 Å². The predicted octanol–water partition coefficient (Wildman–Crippen LogP) is 1.41. The average molecular weight is 286 g/mol. The summed E-state index contributed by atoms with van der Waals surface area (Å²) in [6.45, 7) is 5.50. The highest BCUT2D eigenvalue weighted by Gasteiger charge is 2.26. The smallest absolute Gasteiger partial charge is 0.151 e. The Balaban J connectivity index is 3.05. The maximum absolute atomic E-state index is 11.6. The first-order valence-corrected chi connectivity index (χ1v) is 8.12. The summed E-state index contributed by atoms with van der Waals surface area (Å²) in [6, 6.07) is 6.84. The first kappa shape index (κ1) is 15.9. The Morgan fingerprint density at radius 2 is 1.89 bits per heavy atom. The molecule has 3 N–H and O–H groups in total. The molecule has 0 aliphatic heterocycles. The zero-order valence-electron chi connectivity index (χ0n) is 11.8. The van der Waals surface area contributed by atoms with Crippen LogP contribution in [0.15, 0.2) is 24.3 Å². The molecule has 0 bridgehead atoms. The summed E-state index contributed by atoms with van der Waals surface area (Å²) in [7, 11) is -3.18. The number of ether oxygens (including phenoxy) is 1. The molecule has 0 aliphatic rings. The van der Waals surface area contributed by atoms with Gasteiger partial charge in [0.2, 0.25) is 0 Å². The van der Waals surface area contributed by atoms with Crippen LogP contribution in [0.4, 0.5) is 0 Å². The topological polar surface area (TPSA) is 81.4 Å². The number of hydrogen-bond donors (Lipinski definition) is 2. The maximum atomic E-state index is 11.6. The molecule has 0 saturated carbocycles. The van der Waals surface area contributed by atoms with Crippen molar-refractivity contribution in [1.29, 1.82) is 0 Å². The molecule has 2 unspecified atom stereocenters. The van der Waals surface area contributed by atoms with E-state index in [1.807, 2.05) is 38.1 Å². The third-order valence-electron chi connectivity index (χ3n) is 2.91. The molecule has 0 saturated heterocycles. The lowest BCUT2D eigenvalue weighted by Gasteiger charge is -2.23. The summed E-state index contributed by atoms with van der Waals surface area (Å²) in [6.07, 6.45) is 1.27. The maximum Gasteiger partial charge on any atom is 0.151 e. The van der Waals surface area contributed by atoms with Gasteiger partial charge in [0, 0.05) is 6.26 Å². The van der Waals surface area contributed by atoms with Gasteiger partial charge in [-0.1, -0.05) is 12.1 Å². The summed E-state index contributed by atoms with van der Waals surface area (Å²) in [5.41, 5.74) is 3.36. The number of rotatable bonds is 6. The summed E-state index contributed by atoms with van der Waals surface area (Å²) in [5, 5.41) is -0.619.